The molecule has 1 aromatic carbocycles. The van der Waals surface area contributed by atoms with E-state index in [-0.39, 0.29) is 24.6 Å². The number of carbonyl (C=O) groups is 1. The number of halogens is 1. The van der Waals surface area contributed by atoms with Crippen molar-refractivity contribution >= 4 is 27.5 Å². The van der Waals surface area contributed by atoms with Crippen molar-refractivity contribution in [1.82, 2.24) is 5.32 Å². The zero-order valence-electron chi connectivity index (χ0n) is 11.2. The average Bonchev–Trinajstić information content (AvgIpc) is 2.37. The van der Waals surface area contributed by atoms with E-state index in [1.807, 2.05) is 36.9 Å². The number of piperazine rings is 1. The van der Waals surface area contributed by atoms with E-state index in [2.05, 4.69) is 21.2 Å². The Bertz CT molecular complexity index is 479. The van der Waals surface area contributed by atoms with Gasteiger partial charge >= 0.3 is 0 Å². The number of aliphatic hydroxyl groups excluding tert-OH is 1. The summed E-state index contributed by atoms with van der Waals surface area (Å²) in [4.78, 5) is 14.3. The van der Waals surface area contributed by atoms with Crippen molar-refractivity contribution in [2.45, 2.75) is 32.4 Å². The average molecular weight is 327 g/mol. The first-order chi connectivity index (χ1) is 9.04. The number of rotatable bonds is 3. The van der Waals surface area contributed by atoms with Crippen LogP contribution >= 0.6 is 15.9 Å². The number of benzene rings is 1. The van der Waals surface area contributed by atoms with E-state index in [1.165, 1.54) is 0 Å². The molecule has 0 radical (unpaired) electrons. The molecule has 2 rings (SSSR count). The van der Waals surface area contributed by atoms with Gasteiger partial charge in [-0.1, -0.05) is 15.9 Å². The Morgan fingerprint density at radius 1 is 1.53 bits per heavy atom. The number of hydrogen-bond acceptors (Lipinski definition) is 3. The summed E-state index contributed by atoms with van der Waals surface area (Å²) in [7, 11) is 0. The molecule has 2 N–H and O–H groups in total. The van der Waals surface area contributed by atoms with E-state index in [4.69, 9.17) is 5.11 Å². The summed E-state index contributed by atoms with van der Waals surface area (Å²) in [6, 6.07) is 5.76. The van der Waals surface area contributed by atoms with Gasteiger partial charge in [-0.25, -0.2) is 0 Å². The predicted octanol–water partition coefficient (Wildman–Crippen LogP) is 1.83. The molecule has 2 unspecified atom stereocenters. The van der Waals surface area contributed by atoms with Gasteiger partial charge in [0, 0.05) is 29.4 Å². The first-order valence-electron chi connectivity index (χ1n) is 6.48. The highest BCUT2D eigenvalue weighted by Crippen LogP contribution is 2.26. The fourth-order valence-electron chi connectivity index (χ4n) is 2.39. The van der Waals surface area contributed by atoms with Gasteiger partial charge in [-0.3, -0.25) is 4.79 Å². The molecule has 19 heavy (non-hydrogen) atoms. The number of nitrogens with zero attached hydrogens (tertiary/aromatic N) is 1. The van der Waals surface area contributed by atoms with Crippen LogP contribution in [0, 0.1) is 6.92 Å². The minimum atomic E-state index is -0.287. The second kappa shape index (κ2) is 6.03. The van der Waals surface area contributed by atoms with E-state index in [0.717, 1.165) is 22.3 Å². The smallest absolute Gasteiger partial charge is 0.244 e. The summed E-state index contributed by atoms with van der Waals surface area (Å²) in [5.41, 5.74) is 2.03. The standard InChI is InChI=1S/C14H19BrN2O2/c1-9-7-11(3-4-12(9)15)17-10(2)8-16-13(5-6-18)14(17)19/h3-4,7,10,13,16,18H,5-6,8H2,1-2H3. The maximum absolute atomic E-state index is 12.5. The van der Waals surface area contributed by atoms with Crippen LogP contribution in [0.5, 0.6) is 0 Å². The molecule has 1 aromatic rings. The van der Waals surface area contributed by atoms with Crippen LogP contribution < -0.4 is 10.2 Å². The van der Waals surface area contributed by atoms with E-state index < -0.39 is 0 Å². The number of nitrogens with one attached hydrogen (secondary N) is 1. The molecule has 0 saturated carbocycles. The molecule has 4 nitrogen and oxygen atoms in total. The molecule has 1 aliphatic rings. The van der Waals surface area contributed by atoms with Crippen molar-refractivity contribution in [2.24, 2.45) is 0 Å². The van der Waals surface area contributed by atoms with Crippen molar-refractivity contribution < 1.29 is 9.90 Å². The third-order valence-electron chi connectivity index (χ3n) is 3.47. The minimum Gasteiger partial charge on any atom is -0.396 e. The molecule has 1 fully saturated rings. The molecule has 104 valence electrons. The summed E-state index contributed by atoms with van der Waals surface area (Å²) in [5, 5.41) is 12.2. The molecule has 1 saturated heterocycles. The van der Waals surface area contributed by atoms with Gasteiger partial charge in [-0.05, 0) is 44.0 Å². The van der Waals surface area contributed by atoms with Gasteiger partial charge in [-0.2, -0.15) is 0 Å². The van der Waals surface area contributed by atoms with Gasteiger partial charge in [-0.15, -0.1) is 0 Å². The molecule has 2 atom stereocenters. The molecule has 5 heteroatoms. The lowest BCUT2D eigenvalue weighted by Gasteiger charge is -2.38. The Labute approximate surface area is 121 Å². The molecular weight excluding hydrogens is 308 g/mol. The number of aliphatic hydroxyl groups is 1. The molecule has 1 amide bonds. The molecular formula is C14H19BrN2O2. The van der Waals surface area contributed by atoms with Gasteiger partial charge in [0.25, 0.3) is 0 Å². The number of aryl methyl sites for hydroxylation is 1. The monoisotopic (exact) mass is 326 g/mol. The summed E-state index contributed by atoms with van der Waals surface area (Å²) in [6.45, 7) is 4.80. The molecule has 1 heterocycles. The minimum absolute atomic E-state index is 0.0188. The van der Waals surface area contributed by atoms with E-state index in [0.29, 0.717) is 6.42 Å². The topological polar surface area (TPSA) is 52.6 Å². The van der Waals surface area contributed by atoms with Gasteiger partial charge in [0.2, 0.25) is 5.91 Å². The highest BCUT2D eigenvalue weighted by atomic mass is 79.9. The van der Waals surface area contributed by atoms with Crippen LogP contribution in [-0.4, -0.2) is 36.2 Å². The second-order valence-electron chi connectivity index (χ2n) is 4.96. The van der Waals surface area contributed by atoms with E-state index in [1.54, 1.807) is 0 Å². The third kappa shape index (κ3) is 2.99. The lowest BCUT2D eigenvalue weighted by molar-refractivity contribution is -0.122. The molecule has 1 aliphatic heterocycles. The fourth-order valence-corrected chi connectivity index (χ4v) is 2.64. The Kier molecular flexibility index (Phi) is 4.60. The van der Waals surface area contributed by atoms with E-state index >= 15 is 0 Å². The maximum Gasteiger partial charge on any atom is 0.244 e. The lowest BCUT2D eigenvalue weighted by atomic mass is 10.0. The summed E-state index contributed by atoms with van der Waals surface area (Å²) >= 11 is 3.47. The molecule has 0 aliphatic carbocycles. The van der Waals surface area contributed by atoms with Crippen molar-refractivity contribution in [3.05, 3.63) is 28.2 Å². The van der Waals surface area contributed by atoms with Crippen LogP contribution in [-0.2, 0) is 4.79 Å². The molecule has 0 aromatic heterocycles. The van der Waals surface area contributed by atoms with Crippen molar-refractivity contribution in [1.29, 1.82) is 0 Å². The quantitative estimate of drug-likeness (QED) is 0.891. The van der Waals surface area contributed by atoms with Gasteiger partial charge in [0.05, 0.1) is 6.04 Å². The largest absolute Gasteiger partial charge is 0.396 e. The fraction of sp³-hybridized carbons (Fsp3) is 0.500. The zero-order valence-corrected chi connectivity index (χ0v) is 12.8. The van der Waals surface area contributed by atoms with Crippen LogP contribution in [0.25, 0.3) is 0 Å². The van der Waals surface area contributed by atoms with Crippen LogP contribution in [0.1, 0.15) is 18.9 Å². The first kappa shape index (κ1) is 14.5. The van der Waals surface area contributed by atoms with Gasteiger partial charge in [0.1, 0.15) is 0 Å². The zero-order chi connectivity index (χ0) is 14.0. The normalized spacial score (nSPS) is 23.8. The predicted molar refractivity (Wildman–Crippen MR) is 79.3 cm³/mol. The number of hydrogen-bond donors (Lipinski definition) is 2. The molecule has 0 bridgehead atoms. The van der Waals surface area contributed by atoms with Crippen LogP contribution in [0.2, 0.25) is 0 Å². The van der Waals surface area contributed by atoms with Crippen LogP contribution in [0.4, 0.5) is 5.69 Å². The van der Waals surface area contributed by atoms with Crippen molar-refractivity contribution in [3.63, 3.8) is 0 Å². The second-order valence-corrected chi connectivity index (χ2v) is 5.82. The summed E-state index contributed by atoms with van der Waals surface area (Å²) < 4.78 is 1.04. The maximum atomic E-state index is 12.5. The summed E-state index contributed by atoms with van der Waals surface area (Å²) in [5.74, 6) is 0.0366. The Morgan fingerprint density at radius 2 is 2.26 bits per heavy atom. The van der Waals surface area contributed by atoms with Gasteiger partial charge < -0.3 is 15.3 Å². The molecule has 0 spiro atoms. The number of amides is 1. The highest BCUT2D eigenvalue weighted by Gasteiger charge is 2.33. The van der Waals surface area contributed by atoms with E-state index in [9.17, 15) is 4.79 Å². The SMILES string of the molecule is Cc1cc(N2C(=O)C(CCO)NCC2C)ccc1Br. The first-order valence-corrected chi connectivity index (χ1v) is 7.27. The third-order valence-corrected chi connectivity index (χ3v) is 4.36. The Morgan fingerprint density at radius 3 is 2.89 bits per heavy atom. The van der Waals surface area contributed by atoms with Crippen LogP contribution in [0.15, 0.2) is 22.7 Å². The van der Waals surface area contributed by atoms with Crippen molar-refractivity contribution in [3.8, 4) is 0 Å². The summed E-state index contributed by atoms with van der Waals surface area (Å²) in [6.07, 6.45) is 0.456. The Balaban J connectivity index is 2.29. The number of anilines is 1. The van der Waals surface area contributed by atoms with Crippen molar-refractivity contribution in [2.75, 3.05) is 18.1 Å². The lowest BCUT2D eigenvalue weighted by Crippen LogP contribution is -2.59. The highest BCUT2D eigenvalue weighted by molar-refractivity contribution is 9.10. The Hall–Kier alpha value is -0.910. The van der Waals surface area contributed by atoms with Crippen LogP contribution in [0.3, 0.4) is 0 Å². The number of carbonyl (C=O) groups excluding carboxylic acids is 1. The van der Waals surface area contributed by atoms with Gasteiger partial charge in [0.15, 0.2) is 0 Å².